The van der Waals surface area contributed by atoms with Crippen molar-refractivity contribution in [1.29, 1.82) is 0 Å². The number of H-pyrrole nitrogens is 1. The van der Waals surface area contributed by atoms with E-state index in [2.05, 4.69) is 27.3 Å². The van der Waals surface area contributed by atoms with Crippen molar-refractivity contribution in [3.05, 3.63) is 82.4 Å². The average molecular weight is 409 g/mol. The fraction of sp³-hybridized carbons (Fsp3) is 0.273. The van der Waals surface area contributed by atoms with Crippen LogP contribution in [-0.2, 0) is 17.8 Å². The van der Waals surface area contributed by atoms with Gasteiger partial charge < -0.3 is 15.0 Å². The second-order valence-electron chi connectivity index (χ2n) is 6.99. The molecule has 2 N–H and O–H groups in total. The van der Waals surface area contributed by atoms with E-state index in [1.165, 1.54) is 5.56 Å². The van der Waals surface area contributed by atoms with Crippen LogP contribution in [0.3, 0.4) is 0 Å². The Kier molecular flexibility index (Phi) is 6.19. The summed E-state index contributed by atoms with van der Waals surface area (Å²) in [6.45, 7) is 4.74. The third kappa shape index (κ3) is 4.64. The highest BCUT2D eigenvalue weighted by Gasteiger charge is 2.16. The van der Waals surface area contributed by atoms with E-state index in [0.29, 0.717) is 17.0 Å². The summed E-state index contributed by atoms with van der Waals surface area (Å²) in [6, 6.07) is 17.9. The molecule has 4 rings (SSSR count). The van der Waals surface area contributed by atoms with Crippen molar-refractivity contribution in [2.45, 2.75) is 13.1 Å². The van der Waals surface area contributed by atoms with E-state index in [4.69, 9.17) is 17.0 Å². The number of hydrogen-bond acceptors (Lipinski definition) is 4. The van der Waals surface area contributed by atoms with Crippen molar-refractivity contribution in [2.24, 2.45) is 0 Å². The number of carbonyl (C=O) groups excluding carboxylic acids is 1. The molecule has 1 saturated heterocycles. The van der Waals surface area contributed by atoms with Gasteiger partial charge in [-0.3, -0.25) is 14.3 Å². The summed E-state index contributed by atoms with van der Waals surface area (Å²) in [5.74, 6) is -0.164. The topological polar surface area (TPSA) is 62.3 Å². The summed E-state index contributed by atoms with van der Waals surface area (Å²) in [4.78, 5) is 18.3. The predicted molar refractivity (Wildman–Crippen MR) is 115 cm³/mol. The number of nitrogens with zero attached hydrogens (tertiary/aromatic N) is 2. The highest BCUT2D eigenvalue weighted by Crippen LogP contribution is 2.15. The van der Waals surface area contributed by atoms with Crippen molar-refractivity contribution >= 4 is 18.1 Å². The number of aromatic amines is 1. The summed E-state index contributed by atoms with van der Waals surface area (Å²) in [5, 5.41) is 3.05. The molecule has 0 radical (unpaired) electrons. The Morgan fingerprint density at radius 2 is 1.72 bits per heavy atom. The number of carbonyl (C=O) groups is 1. The van der Waals surface area contributed by atoms with Gasteiger partial charge in [0.2, 0.25) is 0 Å². The summed E-state index contributed by atoms with van der Waals surface area (Å²) in [5.41, 5.74) is 3.69. The lowest BCUT2D eigenvalue weighted by molar-refractivity contribution is 0.0340. The fourth-order valence-electron chi connectivity index (χ4n) is 3.52. The predicted octanol–water partition coefficient (Wildman–Crippen LogP) is 3.30. The Balaban J connectivity index is 1.48. The van der Waals surface area contributed by atoms with E-state index >= 15 is 0 Å². The van der Waals surface area contributed by atoms with Crippen LogP contribution in [-0.4, -0.2) is 46.7 Å². The number of morpholine rings is 1. The van der Waals surface area contributed by atoms with Crippen LogP contribution < -0.4 is 5.32 Å². The molecule has 1 aliphatic rings. The van der Waals surface area contributed by atoms with E-state index in [0.717, 1.165) is 44.1 Å². The van der Waals surface area contributed by atoms with Gasteiger partial charge >= 0.3 is 0 Å². The first kappa shape index (κ1) is 19.6. The largest absolute Gasteiger partial charge is 0.379 e. The minimum Gasteiger partial charge on any atom is -0.379 e. The Morgan fingerprint density at radius 1 is 1.03 bits per heavy atom. The number of rotatable bonds is 6. The molecule has 7 heteroatoms. The third-order valence-corrected chi connectivity index (χ3v) is 5.38. The molecular weight excluding hydrogens is 384 g/mol. The van der Waals surface area contributed by atoms with Crippen LogP contribution in [0.25, 0.3) is 5.69 Å². The number of imidazole rings is 1. The van der Waals surface area contributed by atoms with Crippen LogP contribution in [0.15, 0.2) is 60.8 Å². The van der Waals surface area contributed by atoms with Crippen LogP contribution >= 0.6 is 12.2 Å². The molecule has 3 aromatic rings. The van der Waals surface area contributed by atoms with Gasteiger partial charge in [-0.25, -0.2) is 0 Å². The van der Waals surface area contributed by atoms with Crippen molar-refractivity contribution in [1.82, 2.24) is 19.8 Å². The molecular formula is C22H24N4O2S. The third-order valence-electron chi connectivity index (χ3n) is 5.08. The molecule has 0 atom stereocenters. The van der Waals surface area contributed by atoms with Gasteiger partial charge in [0.05, 0.1) is 13.2 Å². The van der Waals surface area contributed by atoms with Gasteiger partial charge in [0.15, 0.2) is 4.77 Å². The van der Waals surface area contributed by atoms with Gasteiger partial charge in [-0.1, -0.05) is 42.5 Å². The van der Waals surface area contributed by atoms with Gasteiger partial charge in [-0.15, -0.1) is 0 Å². The molecule has 6 nitrogen and oxygen atoms in total. The standard InChI is InChI=1S/C22H24N4O2S/c27-21(20-15-24-22(29)26(20)19-8-2-1-3-9-19)23-14-17-6-4-5-7-18(17)16-25-10-12-28-13-11-25/h1-9,15H,10-14,16H2,(H,23,27)(H,24,29). The monoisotopic (exact) mass is 408 g/mol. The normalized spacial score (nSPS) is 14.6. The van der Waals surface area contributed by atoms with Gasteiger partial charge in [-0.05, 0) is 35.5 Å². The highest BCUT2D eigenvalue weighted by atomic mass is 32.1. The second kappa shape index (κ2) is 9.17. The molecule has 150 valence electrons. The molecule has 2 aromatic carbocycles. The molecule has 1 aromatic heterocycles. The molecule has 0 aliphatic carbocycles. The molecule has 0 spiro atoms. The Morgan fingerprint density at radius 3 is 2.48 bits per heavy atom. The molecule has 0 unspecified atom stereocenters. The summed E-state index contributed by atoms with van der Waals surface area (Å²) >= 11 is 5.38. The second-order valence-corrected chi connectivity index (χ2v) is 7.38. The lowest BCUT2D eigenvalue weighted by Gasteiger charge is -2.27. The zero-order chi connectivity index (χ0) is 20.1. The lowest BCUT2D eigenvalue weighted by Crippen LogP contribution is -2.36. The van der Waals surface area contributed by atoms with Crippen LogP contribution in [0.1, 0.15) is 21.6 Å². The summed E-state index contributed by atoms with van der Waals surface area (Å²) in [6.07, 6.45) is 1.66. The maximum absolute atomic E-state index is 12.9. The van der Waals surface area contributed by atoms with E-state index in [9.17, 15) is 4.79 Å². The molecule has 0 bridgehead atoms. The van der Waals surface area contributed by atoms with Gasteiger partial charge in [0.25, 0.3) is 5.91 Å². The van der Waals surface area contributed by atoms with Crippen LogP contribution in [0.2, 0.25) is 0 Å². The molecule has 1 aliphatic heterocycles. The maximum atomic E-state index is 12.9. The van der Waals surface area contributed by atoms with E-state index in [-0.39, 0.29) is 5.91 Å². The van der Waals surface area contributed by atoms with Crippen LogP contribution in [0, 0.1) is 4.77 Å². The number of benzene rings is 2. The Labute approximate surface area is 175 Å². The van der Waals surface area contributed by atoms with Crippen molar-refractivity contribution in [3.8, 4) is 5.69 Å². The maximum Gasteiger partial charge on any atom is 0.270 e. The Hall–Kier alpha value is -2.74. The lowest BCUT2D eigenvalue weighted by atomic mass is 10.1. The number of ether oxygens (including phenoxy) is 1. The zero-order valence-corrected chi connectivity index (χ0v) is 17.0. The first-order valence-corrected chi connectivity index (χ1v) is 10.1. The number of hydrogen-bond donors (Lipinski definition) is 2. The molecule has 2 heterocycles. The zero-order valence-electron chi connectivity index (χ0n) is 16.1. The summed E-state index contributed by atoms with van der Waals surface area (Å²) < 4.78 is 7.68. The molecule has 29 heavy (non-hydrogen) atoms. The molecule has 1 amide bonds. The van der Waals surface area contributed by atoms with Crippen molar-refractivity contribution in [2.75, 3.05) is 26.3 Å². The van der Waals surface area contributed by atoms with Crippen LogP contribution in [0.4, 0.5) is 0 Å². The van der Waals surface area contributed by atoms with E-state index in [1.54, 1.807) is 10.8 Å². The van der Waals surface area contributed by atoms with Gasteiger partial charge in [0, 0.05) is 38.1 Å². The minimum absolute atomic E-state index is 0.164. The van der Waals surface area contributed by atoms with Crippen LogP contribution in [0.5, 0.6) is 0 Å². The average Bonchev–Trinajstić information content (AvgIpc) is 3.16. The smallest absolute Gasteiger partial charge is 0.270 e. The first-order chi connectivity index (χ1) is 14.2. The highest BCUT2D eigenvalue weighted by molar-refractivity contribution is 7.71. The first-order valence-electron chi connectivity index (χ1n) is 9.73. The van der Waals surface area contributed by atoms with E-state index in [1.807, 2.05) is 42.5 Å². The van der Waals surface area contributed by atoms with Crippen molar-refractivity contribution in [3.63, 3.8) is 0 Å². The summed E-state index contributed by atoms with van der Waals surface area (Å²) in [7, 11) is 0. The molecule has 0 saturated carbocycles. The van der Waals surface area contributed by atoms with Gasteiger partial charge in [0.1, 0.15) is 5.69 Å². The van der Waals surface area contributed by atoms with E-state index < -0.39 is 0 Å². The number of aromatic nitrogens is 2. The SMILES string of the molecule is O=C(NCc1ccccc1CN1CCOCC1)c1c[nH]c(=S)n1-c1ccccc1. The minimum atomic E-state index is -0.164. The molecule has 1 fully saturated rings. The Bertz CT molecular complexity index is 1020. The fourth-order valence-corrected chi connectivity index (χ4v) is 3.78. The number of para-hydroxylation sites is 1. The number of nitrogens with one attached hydrogen (secondary N) is 2. The van der Waals surface area contributed by atoms with Crippen molar-refractivity contribution < 1.29 is 9.53 Å². The van der Waals surface area contributed by atoms with Gasteiger partial charge in [-0.2, -0.15) is 0 Å². The number of amides is 1. The quantitative estimate of drug-likeness (QED) is 0.615.